The number of nitrogens with one attached hydrogen (secondary N) is 1. The van der Waals surface area contributed by atoms with E-state index in [4.69, 9.17) is 4.74 Å². The minimum absolute atomic E-state index is 0.283. The summed E-state index contributed by atoms with van der Waals surface area (Å²) >= 11 is 0. The molecule has 0 fully saturated rings. The molecule has 0 amide bonds. The highest BCUT2D eigenvalue weighted by atomic mass is 19.1. The van der Waals surface area contributed by atoms with Crippen molar-refractivity contribution in [2.24, 2.45) is 0 Å². The van der Waals surface area contributed by atoms with E-state index in [1.165, 1.54) is 6.07 Å². The number of benzene rings is 1. The molecule has 0 saturated heterocycles. The first-order valence-corrected chi connectivity index (χ1v) is 7.06. The predicted octanol–water partition coefficient (Wildman–Crippen LogP) is 3.58. The van der Waals surface area contributed by atoms with Crippen LogP contribution < -0.4 is 10.1 Å². The van der Waals surface area contributed by atoms with Gasteiger partial charge >= 0.3 is 0 Å². The molecule has 1 rings (SSSR count). The summed E-state index contributed by atoms with van der Waals surface area (Å²) in [5.41, 5.74) is 0.428. The van der Waals surface area contributed by atoms with Crippen molar-refractivity contribution in [2.45, 2.75) is 45.6 Å². The number of aryl methyl sites for hydroxylation is 1. The quantitative estimate of drug-likeness (QED) is 0.739. The van der Waals surface area contributed by atoms with Crippen LogP contribution in [0.15, 0.2) is 18.2 Å². The van der Waals surface area contributed by atoms with Gasteiger partial charge in [-0.25, -0.2) is 4.39 Å². The van der Waals surface area contributed by atoms with Crippen molar-refractivity contribution in [3.63, 3.8) is 0 Å². The second-order valence-electron chi connectivity index (χ2n) is 5.26. The molecule has 4 heteroatoms. The summed E-state index contributed by atoms with van der Waals surface area (Å²) in [7, 11) is 0. The molecule has 0 aliphatic rings. The van der Waals surface area contributed by atoms with E-state index in [0.29, 0.717) is 19.4 Å². The molecule has 3 nitrogen and oxygen atoms in total. The molecule has 1 unspecified atom stereocenters. The first kappa shape index (κ1) is 16.5. The van der Waals surface area contributed by atoms with Crippen LogP contribution in [-0.4, -0.2) is 18.7 Å². The van der Waals surface area contributed by atoms with Gasteiger partial charge in [0.15, 0.2) is 11.6 Å². The normalized spacial score (nSPS) is 13.6. The summed E-state index contributed by atoms with van der Waals surface area (Å²) in [6.45, 7) is 7.07. The van der Waals surface area contributed by atoms with Crippen molar-refractivity contribution in [1.29, 1.82) is 5.26 Å². The van der Waals surface area contributed by atoms with Crippen molar-refractivity contribution < 1.29 is 9.13 Å². The van der Waals surface area contributed by atoms with Gasteiger partial charge < -0.3 is 4.74 Å². The number of nitrogens with zero attached hydrogens (tertiary/aromatic N) is 1. The standard InChI is InChI=1S/C16H23FN2O/c1-4-9-19-16(3,12-18)8-5-10-20-15-11-13(2)6-7-14(15)17/h6-7,11,19H,4-5,8-10H2,1-3H3. The summed E-state index contributed by atoms with van der Waals surface area (Å²) in [6, 6.07) is 7.10. The molecule has 110 valence electrons. The molecule has 1 atom stereocenters. The van der Waals surface area contributed by atoms with Crippen molar-refractivity contribution in [3.05, 3.63) is 29.6 Å². The third-order valence-electron chi connectivity index (χ3n) is 3.18. The Morgan fingerprint density at radius 3 is 2.85 bits per heavy atom. The van der Waals surface area contributed by atoms with Crippen LogP contribution in [0.5, 0.6) is 5.75 Å². The lowest BCUT2D eigenvalue weighted by Crippen LogP contribution is -2.41. The lowest BCUT2D eigenvalue weighted by atomic mass is 9.98. The average Bonchev–Trinajstić information content (AvgIpc) is 2.45. The van der Waals surface area contributed by atoms with Gasteiger partial charge in [-0.2, -0.15) is 5.26 Å². The number of ether oxygens (including phenoxy) is 1. The van der Waals surface area contributed by atoms with Gasteiger partial charge in [-0.05, 0) is 57.4 Å². The molecule has 0 aliphatic heterocycles. The third kappa shape index (κ3) is 5.18. The molecule has 0 saturated carbocycles. The second-order valence-corrected chi connectivity index (χ2v) is 5.26. The van der Waals surface area contributed by atoms with Gasteiger partial charge in [0.1, 0.15) is 5.54 Å². The molecular formula is C16H23FN2O. The first-order valence-electron chi connectivity index (χ1n) is 7.06. The van der Waals surface area contributed by atoms with Gasteiger partial charge in [0.25, 0.3) is 0 Å². The molecule has 1 N–H and O–H groups in total. The Labute approximate surface area is 120 Å². The van der Waals surface area contributed by atoms with E-state index in [1.54, 1.807) is 12.1 Å². The van der Waals surface area contributed by atoms with Gasteiger partial charge in [0, 0.05) is 0 Å². The highest BCUT2D eigenvalue weighted by Gasteiger charge is 2.21. The summed E-state index contributed by atoms with van der Waals surface area (Å²) in [5, 5.41) is 12.4. The van der Waals surface area contributed by atoms with Crippen molar-refractivity contribution >= 4 is 0 Å². The largest absolute Gasteiger partial charge is 0.491 e. The van der Waals surface area contributed by atoms with Gasteiger partial charge in [0.2, 0.25) is 0 Å². The maximum Gasteiger partial charge on any atom is 0.165 e. The molecule has 0 aromatic heterocycles. The Hall–Kier alpha value is -1.60. The zero-order chi connectivity index (χ0) is 15.0. The summed E-state index contributed by atoms with van der Waals surface area (Å²) in [4.78, 5) is 0. The average molecular weight is 278 g/mol. The smallest absolute Gasteiger partial charge is 0.165 e. The fraction of sp³-hybridized carbons (Fsp3) is 0.562. The van der Waals surface area contributed by atoms with Crippen LogP contribution in [0.25, 0.3) is 0 Å². The zero-order valence-electron chi connectivity index (χ0n) is 12.5. The Balaban J connectivity index is 2.41. The highest BCUT2D eigenvalue weighted by Crippen LogP contribution is 2.19. The van der Waals surface area contributed by atoms with Crippen LogP contribution in [0.4, 0.5) is 4.39 Å². The lowest BCUT2D eigenvalue weighted by Gasteiger charge is -2.23. The van der Waals surface area contributed by atoms with E-state index >= 15 is 0 Å². The van der Waals surface area contributed by atoms with Crippen LogP contribution in [0, 0.1) is 24.1 Å². The number of hydrogen-bond donors (Lipinski definition) is 1. The highest BCUT2D eigenvalue weighted by molar-refractivity contribution is 5.29. The number of halogens is 1. The summed E-state index contributed by atoms with van der Waals surface area (Å²) in [5.74, 6) is -0.0621. The van der Waals surface area contributed by atoms with Crippen molar-refractivity contribution in [2.75, 3.05) is 13.2 Å². The van der Waals surface area contributed by atoms with Crippen LogP contribution in [0.3, 0.4) is 0 Å². The number of nitriles is 1. The molecular weight excluding hydrogens is 255 g/mol. The van der Waals surface area contributed by atoms with Crippen LogP contribution in [-0.2, 0) is 0 Å². The summed E-state index contributed by atoms with van der Waals surface area (Å²) < 4.78 is 18.9. The van der Waals surface area contributed by atoms with Gasteiger partial charge in [-0.3, -0.25) is 5.32 Å². The minimum Gasteiger partial charge on any atom is -0.491 e. The number of rotatable bonds is 8. The molecule has 0 spiro atoms. The molecule has 0 aliphatic carbocycles. The van der Waals surface area contributed by atoms with E-state index in [1.807, 2.05) is 13.8 Å². The third-order valence-corrected chi connectivity index (χ3v) is 3.18. The monoisotopic (exact) mass is 278 g/mol. The van der Waals surface area contributed by atoms with Gasteiger partial charge in [-0.1, -0.05) is 13.0 Å². The van der Waals surface area contributed by atoms with Crippen molar-refractivity contribution in [1.82, 2.24) is 5.32 Å². The zero-order valence-corrected chi connectivity index (χ0v) is 12.5. The Morgan fingerprint density at radius 1 is 1.45 bits per heavy atom. The van der Waals surface area contributed by atoms with Gasteiger partial charge in [-0.15, -0.1) is 0 Å². The van der Waals surface area contributed by atoms with Crippen LogP contribution in [0.2, 0.25) is 0 Å². The maximum absolute atomic E-state index is 13.5. The SMILES string of the molecule is CCCNC(C)(C#N)CCCOc1cc(C)ccc1F. The topological polar surface area (TPSA) is 45.0 Å². The molecule has 0 heterocycles. The molecule has 1 aromatic rings. The Morgan fingerprint density at radius 2 is 2.20 bits per heavy atom. The fourth-order valence-electron chi connectivity index (χ4n) is 1.91. The van der Waals surface area contributed by atoms with Gasteiger partial charge in [0.05, 0.1) is 12.7 Å². The lowest BCUT2D eigenvalue weighted by molar-refractivity contribution is 0.274. The molecule has 20 heavy (non-hydrogen) atoms. The Kier molecular flexibility index (Phi) is 6.47. The van der Waals surface area contributed by atoms with Crippen molar-refractivity contribution in [3.8, 4) is 11.8 Å². The molecule has 0 bridgehead atoms. The molecule has 0 radical (unpaired) electrons. The van der Waals surface area contributed by atoms with E-state index in [-0.39, 0.29) is 11.6 Å². The second kappa shape index (κ2) is 7.86. The van der Waals surface area contributed by atoms with Crippen LogP contribution >= 0.6 is 0 Å². The Bertz CT molecular complexity index is 470. The van der Waals surface area contributed by atoms with E-state index in [0.717, 1.165) is 18.5 Å². The summed E-state index contributed by atoms with van der Waals surface area (Å²) in [6.07, 6.45) is 2.37. The van der Waals surface area contributed by atoms with E-state index < -0.39 is 5.54 Å². The van der Waals surface area contributed by atoms with E-state index in [2.05, 4.69) is 18.3 Å². The van der Waals surface area contributed by atoms with E-state index in [9.17, 15) is 9.65 Å². The minimum atomic E-state index is -0.537. The molecule has 1 aromatic carbocycles. The first-order chi connectivity index (χ1) is 9.50. The number of hydrogen-bond acceptors (Lipinski definition) is 3. The fourth-order valence-corrected chi connectivity index (χ4v) is 1.91. The predicted molar refractivity (Wildman–Crippen MR) is 78.2 cm³/mol. The van der Waals surface area contributed by atoms with Crippen LogP contribution in [0.1, 0.15) is 38.7 Å². The maximum atomic E-state index is 13.5.